The third-order valence-electron chi connectivity index (χ3n) is 3.53. The second kappa shape index (κ2) is 5.69. The fourth-order valence-electron chi connectivity index (χ4n) is 2.51. The van der Waals surface area contributed by atoms with Crippen molar-refractivity contribution < 1.29 is 27.4 Å². The van der Waals surface area contributed by atoms with Crippen LogP contribution in [0.15, 0.2) is 0 Å². The maximum atomic E-state index is 12.1. The Morgan fingerprint density at radius 2 is 1.89 bits per heavy atom. The third kappa shape index (κ3) is 3.61. The van der Waals surface area contributed by atoms with Gasteiger partial charge in [-0.25, -0.2) is 4.79 Å². The van der Waals surface area contributed by atoms with E-state index in [4.69, 9.17) is 9.47 Å². The standard InChI is InChI=1S/C13H21F3O3/c1-4-7-12(10(17)18-5-2)11(3,19-12)8-6-9-13(14,15)16/h4-9H2,1-3H3. The smallest absolute Gasteiger partial charge is 0.389 e. The first kappa shape index (κ1) is 16.3. The second-order valence-corrected chi connectivity index (χ2v) is 5.10. The largest absolute Gasteiger partial charge is 0.464 e. The number of ether oxygens (including phenoxy) is 2. The number of halogens is 3. The van der Waals surface area contributed by atoms with Gasteiger partial charge in [0.05, 0.1) is 6.61 Å². The molecule has 2 atom stereocenters. The summed E-state index contributed by atoms with van der Waals surface area (Å²) in [7, 11) is 0. The topological polar surface area (TPSA) is 38.8 Å². The monoisotopic (exact) mass is 282 g/mol. The van der Waals surface area contributed by atoms with Crippen molar-refractivity contribution in [2.45, 2.75) is 70.3 Å². The van der Waals surface area contributed by atoms with Crippen LogP contribution in [0.2, 0.25) is 0 Å². The summed E-state index contributed by atoms with van der Waals surface area (Å²) in [5.41, 5.74) is -1.86. The molecule has 19 heavy (non-hydrogen) atoms. The Morgan fingerprint density at radius 1 is 1.26 bits per heavy atom. The highest BCUT2D eigenvalue weighted by atomic mass is 19.4. The van der Waals surface area contributed by atoms with Gasteiger partial charge in [-0.1, -0.05) is 13.3 Å². The van der Waals surface area contributed by atoms with Gasteiger partial charge in [0.1, 0.15) is 5.60 Å². The van der Waals surface area contributed by atoms with E-state index in [1.165, 1.54) is 0 Å². The zero-order valence-electron chi connectivity index (χ0n) is 11.6. The minimum absolute atomic E-state index is 0.0368. The third-order valence-corrected chi connectivity index (χ3v) is 3.53. The summed E-state index contributed by atoms with van der Waals surface area (Å²) in [6, 6.07) is 0. The van der Waals surface area contributed by atoms with E-state index in [0.29, 0.717) is 12.8 Å². The average molecular weight is 282 g/mol. The highest BCUT2D eigenvalue weighted by Gasteiger charge is 2.71. The number of epoxide rings is 1. The first-order valence-corrected chi connectivity index (χ1v) is 6.65. The molecule has 0 aromatic heterocycles. The molecule has 0 bridgehead atoms. The number of carbonyl (C=O) groups is 1. The molecule has 1 aliphatic heterocycles. The molecular weight excluding hydrogens is 261 g/mol. The van der Waals surface area contributed by atoms with E-state index in [0.717, 1.165) is 0 Å². The summed E-state index contributed by atoms with van der Waals surface area (Å²) in [6.45, 7) is 5.53. The molecule has 3 nitrogen and oxygen atoms in total. The van der Waals surface area contributed by atoms with Crippen molar-refractivity contribution in [3.8, 4) is 0 Å². The van der Waals surface area contributed by atoms with Gasteiger partial charge in [0.25, 0.3) is 0 Å². The van der Waals surface area contributed by atoms with Gasteiger partial charge in [-0.2, -0.15) is 13.2 Å². The molecule has 1 heterocycles. The number of hydrogen-bond donors (Lipinski definition) is 0. The van der Waals surface area contributed by atoms with Crippen LogP contribution in [0.5, 0.6) is 0 Å². The fraction of sp³-hybridized carbons (Fsp3) is 0.923. The van der Waals surface area contributed by atoms with Crippen molar-refractivity contribution in [1.82, 2.24) is 0 Å². The lowest BCUT2D eigenvalue weighted by Gasteiger charge is -2.15. The highest BCUT2D eigenvalue weighted by Crippen LogP contribution is 2.55. The summed E-state index contributed by atoms with van der Waals surface area (Å²) in [6.07, 6.45) is -3.64. The molecule has 0 saturated carbocycles. The Bertz CT molecular complexity index is 330. The number of alkyl halides is 3. The molecule has 2 unspecified atom stereocenters. The maximum absolute atomic E-state index is 12.1. The van der Waals surface area contributed by atoms with Gasteiger partial charge < -0.3 is 9.47 Å². The van der Waals surface area contributed by atoms with Crippen molar-refractivity contribution >= 4 is 5.97 Å². The molecule has 1 aliphatic rings. The minimum atomic E-state index is -4.16. The molecule has 1 fully saturated rings. The number of rotatable bonds is 7. The summed E-state index contributed by atoms with van der Waals surface area (Å²) >= 11 is 0. The lowest BCUT2D eigenvalue weighted by molar-refractivity contribution is -0.149. The molecule has 112 valence electrons. The molecule has 6 heteroatoms. The molecule has 1 saturated heterocycles. The molecule has 0 aliphatic carbocycles. The van der Waals surface area contributed by atoms with E-state index in [1.54, 1.807) is 13.8 Å². The van der Waals surface area contributed by atoms with Crippen LogP contribution in [0.1, 0.15) is 52.9 Å². The summed E-state index contributed by atoms with van der Waals surface area (Å²) in [4.78, 5) is 11.9. The Hall–Kier alpha value is -0.780. The van der Waals surface area contributed by atoms with Crippen LogP contribution in [0.25, 0.3) is 0 Å². The van der Waals surface area contributed by atoms with Crippen LogP contribution >= 0.6 is 0 Å². The van der Waals surface area contributed by atoms with Crippen molar-refractivity contribution in [3.05, 3.63) is 0 Å². The summed E-state index contributed by atoms with van der Waals surface area (Å²) in [5.74, 6) is -0.452. The number of hydrogen-bond acceptors (Lipinski definition) is 3. The fourth-order valence-corrected chi connectivity index (χ4v) is 2.51. The Kier molecular flexibility index (Phi) is 4.87. The van der Waals surface area contributed by atoms with Crippen LogP contribution < -0.4 is 0 Å². The maximum Gasteiger partial charge on any atom is 0.389 e. The Morgan fingerprint density at radius 3 is 2.37 bits per heavy atom. The number of esters is 1. The average Bonchev–Trinajstić information content (AvgIpc) is 2.84. The molecule has 0 aromatic rings. The molecular formula is C13H21F3O3. The van der Waals surface area contributed by atoms with Crippen molar-refractivity contribution in [1.29, 1.82) is 0 Å². The van der Waals surface area contributed by atoms with Crippen LogP contribution in [-0.2, 0) is 14.3 Å². The molecule has 0 amide bonds. The van der Waals surface area contributed by atoms with E-state index >= 15 is 0 Å². The summed E-state index contributed by atoms with van der Waals surface area (Å²) in [5, 5.41) is 0. The van der Waals surface area contributed by atoms with Gasteiger partial charge in [0.15, 0.2) is 5.60 Å². The zero-order valence-corrected chi connectivity index (χ0v) is 11.6. The van der Waals surface area contributed by atoms with Gasteiger partial charge >= 0.3 is 12.1 Å². The van der Waals surface area contributed by atoms with Crippen LogP contribution in [-0.4, -0.2) is 30.0 Å². The minimum Gasteiger partial charge on any atom is -0.464 e. The van der Waals surface area contributed by atoms with E-state index in [2.05, 4.69) is 0 Å². The second-order valence-electron chi connectivity index (χ2n) is 5.10. The van der Waals surface area contributed by atoms with E-state index in [9.17, 15) is 18.0 Å². The van der Waals surface area contributed by atoms with Crippen LogP contribution in [0.3, 0.4) is 0 Å². The normalized spacial score (nSPS) is 30.2. The van der Waals surface area contributed by atoms with Gasteiger partial charge in [-0.15, -0.1) is 0 Å². The first-order chi connectivity index (χ1) is 8.71. The quantitative estimate of drug-likeness (QED) is 0.529. The number of carbonyl (C=O) groups excluding carboxylic acids is 1. The van der Waals surface area contributed by atoms with E-state index < -0.39 is 29.8 Å². The van der Waals surface area contributed by atoms with Gasteiger partial charge in [-0.3, -0.25) is 0 Å². The lowest BCUT2D eigenvalue weighted by Crippen LogP contribution is -2.34. The van der Waals surface area contributed by atoms with Crippen LogP contribution in [0, 0.1) is 0 Å². The predicted octanol–water partition coefficient (Wildman–Crippen LogP) is 3.61. The van der Waals surface area contributed by atoms with Gasteiger partial charge in [0, 0.05) is 6.42 Å². The summed E-state index contributed by atoms with van der Waals surface area (Å²) < 4.78 is 46.9. The zero-order chi connectivity index (χ0) is 14.7. The molecule has 0 radical (unpaired) electrons. The molecule has 1 rings (SSSR count). The first-order valence-electron chi connectivity index (χ1n) is 6.65. The van der Waals surface area contributed by atoms with Gasteiger partial charge in [-0.05, 0) is 33.1 Å². The van der Waals surface area contributed by atoms with Crippen molar-refractivity contribution in [2.75, 3.05) is 6.61 Å². The van der Waals surface area contributed by atoms with E-state index in [-0.39, 0.29) is 19.4 Å². The SMILES string of the molecule is CCCC1(C(=O)OCC)OC1(C)CCCC(F)(F)F. The van der Waals surface area contributed by atoms with Crippen LogP contribution in [0.4, 0.5) is 13.2 Å². The molecule has 0 spiro atoms. The van der Waals surface area contributed by atoms with E-state index in [1.807, 2.05) is 6.92 Å². The molecule has 0 aromatic carbocycles. The van der Waals surface area contributed by atoms with Crippen molar-refractivity contribution in [2.24, 2.45) is 0 Å². The van der Waals surface area contributed by atoms with Crippen molar-refractivity contribution in [3.63, 3.8) is 0 Å². The lowest BCUT2D eigenvalue weighted by atomic mass is 9.86. The van der Waals surface area contributed by atoms with Gasteiger partial charge in [0.2, 0.25) is 0 Å². The Balaban J connectivity index is 2.60. The molecule has 0 N–H and O–H groups in total. The Labute approximate surface area is 111 Å². The predicted molar refractivity (Wildman–Crippen MR) is 63.7 cm³/mol. The highest BCUT2D eigenvalue weighted by molar-refractivity contribution is 5.84.